The molecule has 2 nitrogen and oxygen atoms in total. The minimum atomic E-state index is 0.904. The standard InChI is InChI=1S/C48H28O2/c1-2-14-33-29(11-1)23-25-40-47-39(20-10-22-44(47)50-48(33)40)46-37-18-5-3-16-35(37)45(36-17-4-6-19-38(36)46)32-13-9-12-30(27-32)31-24-26-43-41(28-31)34-15-7-8-21-42(34)49-43/h1-28H. The highest BCUT2D eigenvalue weighted by molar-refractivity contribution is 6.27. The third-order valence-corrected chi connectivity index (χ3v) is 10.4. The summed E-state index contributed by atoms with van der Waals surface area (Å²) in [5.74, 6) is 0. The van der Waals surface area contributed by atoms with Crippen LogP contribution in [-0.2, 0) is 0 Å². The van der Waals surface area contributed by atoms with Crippen LogP contribution in [0.3, 0.4) is 0 Å². The molecule has 0 saturated carbocycles. The Morgan fingerprint density at radius 3 is 1.70 bits per heavy atom. The molecule has 0 spiro atoms. The maximum absolute atomic E-state index is 6.64. The van der Waals surface area contributed by atoms with Crippen molar-refractivity contribution in [1.29, 1.82) is 0 Å². The Labute approximate surface area is 287 Å². The SMILES string of the molecule is c1cc(-c2ccc3oc4ccccc4c3c2)cc(-c2c3ccccc3c(-c3cccc4oc5c6ccccc6ccc5c34)c3ccccc23)c1. The first-order chi connectivity index (χ1) is 24.8. The number of furan rings is 2. The Balaban J connectivity index is 1.17. The summed E-state index contributed by atoms with van der Waals surface area (Å²) in [7, 11) is 0. The minimum absolute atomic E-state index is 0.904. The van der Waals surface area contributed by atoms with Crippen molar-refractivity contribution in [2.45, 2.75) is 0 Å². The third-order valence-electron chi connectivity index (χ3n) is 10.4. The van der Waals surface area contributed by atoms with Gasteiger partial charge in [-0.2, -0.15) is 0 Å². The van der Waals surface area contributed by atoms with Gasteiger partial charge in [0.05, 0.1) is 0 Å². The van der Waals surface area contributed by atoms with E-state index in [9.17, 15) is 0 Å². The Bertz CT molecular complexity index is 3100. The summed E-state index contributed by atoms with van der Waals surface area (Å²) in [5, 5.41) is 11.8. The first-order valence-corrected chi connectivity index (χ1v) is 17.1. The van der Waals surface area contributed by atoms with E-state index in [2.05, 4.69) is 158 Å². The molecule has 0 aliphatic rings. The lowest BCUT2D eigenvalue weighted by Gasteiger charge is -2.18. The van der Waals surface area contributed by atoms with Crippen LogP contribution in [0.15, 0.2) is 179 Å². The van der Waals surface area contributed by atoms with E-state index in [1.54, 1.807) is 0 Å². The van der Waals surface area contributed by atoms with Crippen molar-refractivity contribution >= 4 is 76.2 Å². The first-order valence-electron chi connectivity index (χ1n) is 17.1. The smallest absolute Gasteiger partial charge is 0.143 e. The van der Waals surface area contributed by atoms with Crippen LogP contribution in [0.1, 0.15) is 0 Å². The normalized spacial score (nSPS) is 12.0. The summed E-state index contributed by atoms with van der Waals surface area (Å²) in [4.78, 5) is 0. The van der Waals surface area contributed by atoms with E-state index in [1.165, 1.54) is 60.3 Å². The molecule has 0 aliphatic heterocycles. The number of para-hydroxylation sites is 1. The zero-order chi connectivity index (χ0) is 32.8. The van der Waals surface area contributed by atoms with Gasteiger partial charge >= 0.3 is 0 Å². The van der Waals surface area contributed by atoms with Gasteiger partial charge in [-0.05, 0) is 96.7 Å². The molecule has 0 aliphatic carbocycles. The van der Waals surface area contributed by atoms with Crippen molar-refractivity contribution in [3.05, 3.63) is 170 Å². The average molecular weight is 637 g/mol. The average Bonchev–Trinajstić information content (AvgIpc) is 3.75. The van der Waals surface area contributed by atoms with Gasteiger partial charge in [-0.3, -0.25) is 0 Å². The van der Waals surface area contributed by atoms with Crippen molar-refractivity contribution in [1.82, 2.24) is 0 Å². The highest BCUT2D eigenvalue weighted by Gasteiger charge is 2.21. The number of hydrogen-bond donors (Lipinski definition) is 0. The van der Waals surface area contributed by atoms with Gasteiger partial charge in [0.2, 0.25) is 0 Å². The van der Waals surface area contributed by atoms with Crippen LogP contribution in [0.25, 0.3) is 110 Å². The summed E-state index contributed by atoms with van der Waals surface area (Å²) < 4.78 is 12.8. The highest BCUT2D eigenvalue weighted by atomic mass is 16.3. The zero-order valence-electron chi connectivity index (χ0n) is 27.0. The number of benzene rings is 9. The van der Waals surface area contributed by atoms with E-state index in [0.717, 1.165) is 49.3 Å². The zero-order valence-corrected chi connectivity index (χ0v) is 27.0. The van der Waals surface area contributed by atoms with E-state index < -0.39 is 0 Å². The predicted octanol–water partition coefficient (Wildman–Crippen LogP) is 13.9. The topological polar surface area (TPSA) is 26.3 Å². The summed E-state index contributed by atoms with van der Waals surface area (Å²) in [5.41, 5.74) is 10.9. The van der Waals surface area contributed by atoms with E-state index in [1.807, 2.05) is 12.1 Å². The van der Waals surface area contributed by atoms with E-state index >= 15 is 0 Å². The second-order valence-electron chi connectivity index (χ2n) is 13.2. The Morgan fingerprint density at radius 1 is 0.300 bits per heavy atom. The van der Waals surface area contributed by atoms with Crippen LogP contribution in [0.2, 0.25) is 0 Å². The van der Waals surface area contributed by atoms with Gasteiger partial charge in [-0.1, -0.05) is 133 Å². The van der Waals surface area contributed by atoms with Crippen LogP contribution in [0.5, 0.6) is 0 Å². The van der Waals surface area contributed by atoms with Gasteiger partial charge in [0.25, 0.3) is 0 Å². The van der Waals surface area contributed by atoms with E-state index in [4.69, 9.17) is 8.83 Å². The van der Waals surface area contributed by atoms with Crippen molar-refractivity contribution in [2.24, 2.45) is 0 Å². The monoisotopic (exact) mass is 636 g/mol. The molecule has 0 bridgehead atoms. The molecule has 0 fully saturated rings. The summed E-state index contributed by atoms with van der Waals surface area (Å²) in [6.07, 6.45) is 0. The van der Waals surface area contributed by atoms with E-state index in [-0.39, 0.29) is 0 Å². The lowest BCUT2D eigenvalue weighted by Crippen LogP contribution is -1.91. The van der Waals surface area contributed by atoms with Gasteiger partial charge in [0, 0.05) is 26.9 Å². The van der Waals surface area contributed by atoms with Gasteiger partial charge in [0.1, 0.15) is 22.3 Å². The molecule has 2 heterocycles. The van der Waals surface area contributed by atoms with Crippen LogP contribution in [0.4, 0.5) is 0 Å². The molecule has 50 heavy (non-hydrogen) atoms. The lowest BCUT2D eigenvalue weighted by molar-refractivity contribution is 0.669. The number of fused-ring (bicyclic) bond motifs is 10. The molecule has 11 aromatic rings. The lowest BCUT2D eigenvalue weighted by atomic mass is 9.84. The fourth-order valence-corrected chi connectivity index (χ4v) is 8.25. The van der Waals surface area contributed by atoms with Crippen LogP contribution >= 0.6 is 0 Å². The molecule has 0 amide bonds. The minimum Gasteiger partial charge on any atom is -0.456 e. The molecular weight excluding hydrogens is 609 g/mol. The molecule has 9 aromatic carbocycles. The quantitative estimate of drug-likeness (QED) is 0.180. The largest absolute Gasteiger partial charge is 0.456 e. The summed E-state index contributed by atoms with van der Waals surface area (Å²) in [6.45, 7) is 0. The number of hydrogen-bond acceptors (Lipinski definition) is 2. The maximum Gasteiger partial charge on any atom is 0.143 e. The molecular formula is C48H28O2. The van der Waals surface area contributed by atoms with Crippen molar-refractivity contribution in [2.75, 3.05) is 0 Å². The molecule has 2 aromatic heterocycles. The van der Waals surface area contributed by atoms with Crippen molar-refractivity contribution < 1.29 is 8.83 Å². The third kappa shape index (κ3) is 3.90. The van der Waals surface area contributed by atoms with Crippen LogP contribution < -0.4 is 0 Å². The molecule has 0 radical (unpaired) electrons. The van der Waals surface area contributed by atoms with Gasteiger partial charge in [0.15, 0.2) is 0 Å². The summed E-state index contributed by atoms with van der Waals surface area (Å²) >= 11 is 0. The molecule has 0 N–H and O–H groups in total. The van der Waals surface area contributed by atoms with Gasteiger partial charge in [-0.25, -0.2) is 0 Å². The fourth-order valence-electron chi connectivity index (χ4n) is 8.25. The molecule has 2 heteroatoms. The van der Waals surface area contributed by atoms with Crippen molar-refractivity contribution in [3.8, 4) is 33.4 Å². The van der Waals surface area contributed by atoms with Gasteiger partial charge in [-0.15, -0.1) is 0 Å². The van der Waals surface area contributed by atoms with Gasteiger partial charge < -0.3 is 8.83 Å². The summed E-state index contributed by atoms with van der Waals surface area (Å²) in [6, 6.07) is 60.9. The maximum atomic E-state index is 6.64. The highest BCUT2D eigenvalue weighted by Crippen LogP contribution is 2.48. The van der Waals surface area contributed by atoms with Crippen LogP contribution in [-0.4, -0.2) is 0 Å². The molecule has 0 atom stereocenters. The Hall–Kier alpha value is -6.64. The molecule has 232 valence electrons. The second-order valence-corrected chi connectivity index (χ2v) is 13.2. The van der Waals surface area contributed by atoms with Crippen molar-refractivity contribution in [3.63, 3.8) is 0 Å². The Morgan fingerprint density at radius 2 is 0.900 bits per heavy atom. The van der Waals surface area contributed by atoms with Crippen LogP contribution in [0, 0.1) is 0 Å². The fraction of sp³-hybridized carbons (Fsp3) is 0. The predicted molar refractivity (Wildman–Crippen MR) is 210 cm³/mol. The molecule has 0 saturated heterocycles. The first kappa shape index (κ1) is 27.3. The second kappa shape index (κ2) is 10.4. The Kier molecular flexibility index (Phi) is 5.70. The molecule has 0 unspecified atom stereocenters. The molecule has 11 rings (SSSR count). The van der Waals surface area contributed by atoms with E-state index in [0.29, 0.717) is 0 Å². The number of rotatable bonds is 3.